The van der Waals surface area contributed by atoms with Crippen LogP contribution in [0.4, 0.5) is 18.0 Å². The Balaban J connectivity index is 1.29. The zero-order valence-corrected chi connectivity index (χ0v) is 25.1. The molecule has 2 aliphatic heterocycles. The molecule has 2 N–H and O–H groups in total. The molecular weight excluding hydrogens is 607 g/mol. The second-order valence-electron chi connectivity index (χ2n) is 11.3. The SMILES string of the molecule is CC(C)(C)OC(=O)NC1CC(CO)N(C2=NC(=O)C(=Cc3ccc4c(cnn4Cc4ccc(Cl)cc4C(F)(F)F)c3)S2)C1. The summed E-state index contributed by atoms with van der Waals surface area (Å²) in [5, 5.41) is 18.2. The highest BCUT2D eigenvalue weighted by Crippen LogP contribution is 2.36. The van der Waals surface area contributed by atoms with Crippen LogP contribution in [0.2, 0.25) is 5.02 Å². The van der Waals surface area contributed by atoms with E-state index in [4.69, 9.17) is 16.3 Å². The van der Waals surface area contributed by atoms with Crippen LogP contribution in [-0.2, 0) is 22.3 Å². The normalized spacial score (nSPS) is 20.3. The molecule has 228 valence electrons. The molecule has 1 aromatic heterocycles. The van der Waals surface area contributed by atoms with E-state index in [1.165, 1.54) is 28.6 Å². The van der Waals surface area contributed by atoms with Crippen LogP contribution in [0.25, 0.3) is 17.0 Å². The summed E-state index contributed by atoms with van der Waals surface area (Å²) < 4.78 is 47.5. The van der Waals surface area contributed by atoms with Crippen molar-refractivity contribution in [1.82, 2.24) is 20.0 Å². The van der Waals surface area contributed by atoms with E-state index in [1.807, 2.05) is 4.90 Å². The molecule has 5 rings (SSSR count). The summed E-state index contributed by atoms with van der Waals surface area (Å²) in [5.74, 6) is -0.432. The molecule has 2 aromatic carbocycles. The summed E-state index contributed by atoms with van der Waals surface area (Å²) >= 11 is 6.98. The maximum absolute atomic E-state index is 13.6. The van der Waals surface area contributed by atoms with E-state index in [9.17, 15) is 27.9 Å². The number of aromatic nitrogens is 2. The van der Waals surface area contributed by atoms with Gasteiger partial charge < -0.3 is 20.1 Å². The molecular formula is C29H29ClF3N5O4S. The van der Waals surface area contributed by atoms with E-state index in [0.717, 1.165) is 6.07 Å². The van der Waals surface area contributed by atoms with Gasteiger partial charge in [-0.05, 0) is 80.4 Å². The van der Waals surface area contributed by atoms with Crippen molar-refractivity contribution in [2.45, 2.75) is 57.6 Å². The first kappa shape index (κ1) is 30.9. The van der Waals surface area contributed by atoms with Gasteiger partial charge >= 0.3 is 12.3 Å². The minimum Gasteiger partial charge on any atom is -0.444 e. The van der Waals surface area contributed by atoms with Crippen LogP contribution in [-0.4, -0.2) is 67.8 Å². The van der Waals surface area contributed by atoms with Gasteiger partial charge in [0.1, 0.15) is 5.60 Å². The number of nitrogens with zero attached hydrogens (tertiary/aromatic N) is 4. The van der Waals surface area contributed by atoms with Crippen molar-refractivity contribution >= 4 is 57.5 Å². The van der Waals surface area contributed by atoms with Crippen LogP contribution in [0.15, 0.2) is 52.5 Å². The number of hydrogen-bond donors (Lipinski definition) is 2. The number of amidine groups is 1. The average Bonchev–Trinajstić information content (AvgIpc) is 3.60. The minimum absolute atomic E-state index is 0.000518. The predicted octanol–water partition coefficient (Wildman–Crippen LogP) is 5.69. The lowest BCUT2D eigenvalue weighted by atomic mass is 10.1. The Kier molecular flexibility index (Phi) is 8.52. The van der Waals surface area contributed by atoms with Gasteiger partial charge in [-0.2, -0.15) is 23.3 Å². The molecule has 3 heterocycles. The van der Waals surface area contributed by atoms with E-state index in [1.54, 1.807) is 51.2 Å². The monoisotopic (exact) mass is 635 g/mol. The number of carbonyl (C=O) groups is 2. The minimum atomic E-state index is -4.56. The zero-order chi connectivity index (χ0) is 31.1. The van der Waals surface area contributed by atoms with Crippen LogP contribution in [0, 0.1) is 0 Å². The molecule has 1 saturated heterocycles. The molecule has 43 heavy (non-hydrogen) atoms. The zero-order valence-electron chi connectivity index (χ0n) is 23.5. The number of aliphatic imine (C=N–C) groups is 1. The summed E-state index contributed by atoms with van der Waals surface area (Å²) in [4.78, 5) is 31.4. The van der Waals surface area contributed by atoms with Gasteiger partial charge in [-0.1, -0.05) is 23.7 Å². The van der Waals surface area contributed by atoms with Gasteiger partial charge in [0, 0.05) is 17.0 Å². The van der Waals surface area contributed by atoms with Gasteiger partial charge in [0.05, 0.1) is 47.4 Å². The summed E-state index contributed by atoms with van der Waals surface area (Å²) in [7, 11) is 0. The van der Waals surface area contributed by atoms with Gasteiger partial charge in [-0.3, -0.25) is 9.48 Å². The molecule has 2 atom stereocenters. The molecule has 3 aromatic rings. The number of benzene rings is 2. The number of aliphatic hydroxyl groups is 1. The van der Waals surface area contributed by atoms with Crippen molar-refractivity contribution in [2.24, 2.45) is 4.99 Å². The van der Waals surface area contributed by atoms with Crippen molar-refractivity contribution < 1.29 is 32.6 Å². The van der Waals surface area contributed by atoms with Gasteiger partial charge in [-0.15, -0.1) is 0 Å². The highest BCUT2D eigenvalue weighted by molar-refractivity contribution is 8.18. The number of carbonyl (C=O) groups excluding carboxylic acids is 2. The van der Waals surface area contributed by atoms with Gasteiger partial charge in [0.25, 0.3) is 5.91 Å². The number of halogens is 4. The number of alkyl carbamates (subject to hydrolysis) is 1. The molecule has 2 aliphatic rings. The molecule has 0 saturated carbocycles. The number of amides is 2. The smallest absolute Gasteiger partial charge is 0.416 e. The molecule has 1 fully saturated rings. The third-order valence-electron chi connectivity index (χ3n) is 6.86. The summed E-state index contributed by atoms with van der Waals surface area (Å²) in [6.45, 7) is 5.38. The molecule has 9 nitrogen and oxygen atoms in total. The number of fused-ring (bicyclic) bond motifs is 1. The lowest BCUT2D eigenvalue weighted by Crippen LogP contribution is -2.41. The number of likely N-dealkylation sites (tertiary alicyclic amines) is 1. The van der Waals surface area contributed by atoms with Crippen molar-refractivity contribution in [1.29, 1.82) is 0 Å². The molecule has 2 amide bonds. The topological polar surface area (TPSA) is 109 Å². The highest BCUT2D eigenvalue weighted by Gasteiger charge is 2.38. The van der Waals surface area contributed by atoms with Gasteiger partial charge in [0.15, 0.2) is 5.17 Å². The van der Waals surface area contributed by atoms with E-state index < -0.39 is 29.3 Å². The Labute approximate surface area is 254 Å². The Morgan fingerprint density at radius 3 is 2.70 bits per heavy atom. The van der Waals surface area contributed by atoms with Crippen LogP contribution >= 0.6 is 23.4 Å². The van der Waals surface area contributed by atoms with Crippen molar-refractivity contribution in [2.75, 3.05) is 13.2 Å². The fraction of sp³-hybridized carbons (Fsp3) is 0.379. The number of ether oxygens (including phenoxy) is 1. The average molecular weight is 636 g/mol. The Bertz CT molecular complexity index is 1630. The van der Waals surface area contributed by atoms with Crippen molar-refractivity contribution in [3.05, 3.63) is 69.2 Å². The lowest BCUT2D eigenvalue weighted by molar-refractivity contribution is -0.138. The van der Waals surface area contributed by atoms with Crippen molar-refractivity contribution in [3.63, 3.8) is 0 Å². The van der Waals surface area contributed by atoms with E-state index in [-0.39, 0.29) is 35.8 Å². The summed E-state index contributed by atoms with van der Waals surface area (Å²) in [6, 6.07) is 8.31. The predicted molar refractivity (Wildman–Crippen MR) is 159 cm³/mol. The first-order valence-corrected chi connectivity index (χ1v) is 14.6. The first-order chi connectivity index (χ1) is 20.2. The second kappa shape index (κ2) is 11.9. The van der Waals surface area contributed by atoms with Crippen LogP contribution < -0.4 is 5.32 Å². The molecule has 0 spiro atoms. The summed E-state index contributed by atoms with van der Waals surface area (Å²) in [5.41, 5.74) is -0.112. The molecule has 0 aliphatic carbocycles. The van der Waals surface area contributed by atoms with Gasteiger partial charge in [-0.25, -0.2) is 4.79 Å². The van der Waals surface area contributed by atoms with Crippen LogP contribution in [0.3, 0.4) is 0 Å². The number of rotatable bonds is 5. The number of thioether (sulfide) groups is 1. The highest BCUT2D eigenvalue weighted by atomic mass is 35.5. The summed E-state index contributed by atoms with van der Waals surface area (Å²) in [6.07, 6.45) is -1.41. The second-order valence-corrected chi connectivity index (χ2v) is 12.7. The van der Waals surface area contributed by atoms with E-state index >= 15 is 0 Å². The number of hydrogen-bond acceptors (Lipinski definition) is 7. The molecule has 0 bridgehead atoms. The Morgan fingerprint density at radius 1 is 1.23 bits per heavy atom. The third-order valence-corrected chi connectivity index (χ3v) is 8.12. The van der Waals surface area contributed by atoms with Crippen LogP contribution in [0.5, 0.6) is 0 Å². The standard InChI is InChI=1S/C29H29ClF3N5O4S/c1-28(2,3)42-27(41)35-20-11-21(15-39)37(14-20)26-36-25(40)24(43-26)9-16-4-7-23-18(8-16)12-34-38(23)13-17-5-6-19(30)10-22(17)29(31,32)33/h4-10,12,20-21,39H,11,13-15H2,1-3H3,(H,35,41). The molecule has 2 unspecified atom stereocenters. The van der Waals surface area contributed by atoms with Gasteiger partial charge in [0.2, 0.25) is 0 Å². The van der Waals surface area contributed by atoms with E-state index in [0.29, 0.717) is 39.5 Å². The Hall–Kier alpha value is -3.55. The number of nitrogens with one attached hydrogen (secondary N) is 1. The lowest BCUT2D eigenvalue weighted by Gasteiger charge is -2.23. The fourth-order valence-electron chi connectivity index (χ4n) is 5.01. The van der Waals surface area contributed by atoms with E-state index in [2.05, 4.69) is 15.4 Å². The van der Waals surface area contributed by atoms with Crippen LogP contribution in [0.1, 0.15) is 43.9 Å². The third kappa shape index (κ3) is 7.16. The fourth-order valence-corrected chi connectivity index (χ4v) is 6.17. The largest absolute Gasteiger partial charge is 0.444 e. The number of alkyl halides is 3. The maximum Gasteiger partial charge on any atom is 0.416 e. The molecule has 14 heteroatoms. The number of aliphatic hydroxyl groups excluding tert-OH is 1. The first-order valence-electron chi connectivity index (χ1n) is 13.4. The maximum atomic E-state index is 13.6. The Morgan fingerprint density at radius 2 is 2.00 bits per heavy atom. The van der Waals surface area contributed by atoms with Crippen molar-refractivity contribution in [3.8, 4) is 0 Å². The molecule has 0 radical (unpaired) electrons. The quantitative estimate of drug-likeness (QED) is 0.347.